The Balaban J connectivity index is 1.98. The van der Waals surface area contributed by atoms with E-state index in [2.05, 4.69) is 10.1 Å². The molecule has 0 saturated heterocycles. The lowest BCUT2D eigenvalue weighted by Gasteiger charge is -2.00. The Morgan fingerprint density at radius 2 is 2.00 bits per heavy atom. The summed E-state index contributed by atoms with van der Waals surface area (Å²) in [6, 6.07) is 12.3. The molecule has 5 nitrogen and oxygen atoms in total. The van der Waals surface area contributed by atoms with Crippen LogP contribution in [0, 0.1) is 0 Å². The first kappa shape index (κ1) is 12.1. The maximum Gasteiger partial charge on any atom is 0.335 e. The molecule has 2 aromatic heterocycles. The normalized spacial score (nSPS) is 10.4. The van der Waals surface area contributed by atoms with Crippen LogP contribution in [0.15, 0.2) is 61.1 Å². The van der Waals surface area contributed by atoms with E-state index in [0.717, 1.165) is 11.1 Å². The maximum absolute atomic E-state index is 11.0. The Bertz CT molecular complexity index is 751. The van der Waals surface area contributed by atoms with E-state index in [1.807, 2.05) is 30.5 Å². The van der Waals surface area contributed by atoms with Crippen molar-refractivity contribution in [3.63, 3.8) is 0 Å². The Labute approximate surface area is 115 Å². The molecule has 0 unspecified atom stereocenters. The zero-order chi connectivity index (χ0) is 13.9. The van der Waals surface area contributed by atoms with Crippen molar-refractivity contribution in [1.29, 1.82) is 0 Å². The third kappa shape index (κ3) is 2.29. The first-order valence-corrected chi connectivity index (χ1v) is 6.04. The van der Waals surface area contributed by atoms with Gasteiger partial charge in [-0.15, -0.1) is 0 Å². The van der Waals surface area contributed by atoms with Gasteiger partial charge in [-0.25, -0.2) is 14.5 Å². The van der Waals surface area contributed by atoms with Gasteiger partial charge >= 0.3 is 5.97 Å². The number of carboxylic acids is 1. The van der Waals surface area contributed by atoms with Crippen LogP contribution in [0.25, 0.3) is 16.9 Å². The molecule has 2 heterocycles. The molecule has 0 fully saturated rings. The molecule has 98 valence electrons. The number of carboxylic acid groups (broad SMARTS) is 1. The molecule has 3 rings (SSSR count). The predicted octanol–water partition coefficient (Wildman–Crippen LogP) is 2.63. The molecule has 0 saturated carbocycles. The highest BCUT2D eigenvalue weighted by molar-refractivity contribution is 5.89. The zero-order valence-electron chi connectivity index (χ0n) is 10.5. The summed E-state index contributed by atoms with van der Waals surface area (Å²) >= 11 is 0. The van der Waals surface area contributed by atoms with Crippen LogP contribution < -0.4 is 0 Å². The summed E-state index contributed by atoms with van der Waals surface area (Å²) < 4.78 is 1.66. The lowest BCUT2D eigenvalue weighted by molar-refractivity contribution is 0.0697. The van der Waals surface area contributed by atoms with Gasteiger partial charge in [0.1, 0.15) is 0 Å². The van der Waals surface area contributed by atoms with E-state index in [1.54, 1.807) is 35.3 Å². The van der Waals surface area contributed by atoms with Crippen LogP contribution in [-0.4, -0.2) is 25.8 Å². The highest BCUT2D eigenvalue weighted by atomic mass is 16.4. The van der Waals surface area contributed by atoms with Crippen LogP contribution in [0.2, 0.25) is 0 Å². The van der Waals surface area contributed by atoms with Crippen LogP contribution in [0.3, 0.4) is 0 Å². The molecular weight excluding hydrogens is 254 g/mol. The summed E-state index contributed by atoms with van der Waals surface area (Å²) in [5, 5.41) is 13.3. The average Bonchev–Trinajstić information content (AvgIpc) is 2.98. The average molecular weight is 265 g/mol. The second-order valence-electron chi connectivity index (χ2n) is 4.25. The number of pyridine rings is 1. The van der Waals surface area contributed by atoms with Crippen molar-refractivity contribution in [3.8, 4) is 16.9 Å². The van der Waals surface area contributed by atoms with E-state index in [1.165, 1.54) is 0 Å². The molecule has 1 N–H and O–H groups in total. The van der Waals surface area contributed by atoms with Gasteiger partial charge in [-0.1, -0.05) is 18.2 Å². The predicted molar refractivity (Wildman–Crippen MR) is 73.8 cm³/mol. The van der Waals surface area contributed by atoms with Gasteiger partial charge in [0.2, 0.25) is 0 Å². The molecule has 0 aliphatic carbocycles. The number of rotatable bonds is 3. The third-order valence-corrected chi connectivity index (χ3v) is 2.91. The van der Waals surface area contributed by atoms with Crippen LogP contribution in [0.5, 0.6) is 0 Å². The number of aromatic carboxylic acids is 1. The summed E-state index contributed by atoms with van der Waals surface area (Å²) in [6.45, 7) is 0. The van der Waals surface area contributed by atoms with Crippen molar-refractivity contribution in [2.24, 2.45) is 0 Å². The minimum atomic E-state index is -0.941. The van der Waals surface area contributed by atoms with Crippen LogP contribution >= 0.6 is 0 Å². The topological polar surface area (TPSA) is 68.0 Å². The number of aromatic nitrogens is 3. The summed E-state index contributed by atoms with van der Waals surface area (Å²) in [7, 11) is 0. The minimum absolute atomic E-state index is 0.257. The van der Waals surface area contributed by atoms with E-state index in [9.17, 15) is 4.79 Å². The fourth-order valence-corrected chi connectivity index (χ4v) is 1.92. The van der Waals surface area contributed by atoms with Gasteiger partial charge in [-0.3, -0.25) is 0 Å². The Hall–Kier alpha value is -2.95. The van der Waals surface area contributed by atoms with Gasteiger partial charge in [-0.2, -0.15) is 5.10 Å². The minimum Gasteiger partial charge on any atom is -0.478 e. The highest BCUT2D eigenvalue weighted by Gasteiger charge is 2.07. The van der Waals surface area contributed by atoms with E-state index < -0.39 is 5.97 Å². The van der Waals surface area contributed by atoms with E-state index in [-0.39, 0.29) is 5.56 Å². The first-order valence-electron chi connectivity index (χ1n) is 6.04. The largest absolute Gasteiger partial charge is 0.478 e. The molecule has 0 bridgehead atoms. The number of nitrogens with zero attached hydrogens (tertiary/aromatic N) is 3. The molecular formula is C15H11N3O2. The summed E-state index contributed by atoms with van der Waals surface area (Å²) in [5.41, 5.74) is 1.92. The quantitative estimate of drug-likeness (QED) is 0.790. The lowest BCUT2D eigenvalue weighted by atomic mass is 10.1. The monoisotopic (exact) mass is 265 g/mol. The van der Waals surface area contributed by atoms with Crippen molar-refractivity contribution >= 4 is 5.97 Å². The van der Waals surface area contributed by atoms with E-state index >= 15 is 0 Å². The zero-order valence-corrected chi connectivity index (χ0v) is 10.5. The van der Waals surface area contributed by atoms with Gasteiger partial charge in [-0.05, 0) is 29.8 Å². The fraction of sp³-hybridized carbons (Fsp3) is 0. The summed E-state index contributed by atoms with van der Waals surface area (Å²) in [6.07, 6.45) is 5.21. The molecule has 0 aliphatic rings. The third-order valence-electron chi connectivity index (χ3n) is 2.91. The molecule has 0 amide bonds. The molecule has 0 atom stereocenters. The maximum atomic E-state index is 11.0. The van der Waals surface area contributed by atoms with Crippen LogP contribution in [-0.2, 0) is 0 Å². The number of hydrogen-bond donors (Lipinski definition) is 1. The molecule has 0 aliphatic heterocycles. The molecule has 5 heteroatoms. The van der Waals surface area contributed by atoms with Gasteiger partial charge in [0, 0.05) is 18.0 Å². The lowest BCUT2D eigenvalue weighted by Crippen LogP contribution is -1.96. The first-order chi connectivity index (χ1) is 9.74. The van der Waals surface area contributed by atoms with Crippen molar-refractivity contribution in [2.45, 2.75) is 0 Å². The summed E-state index contributed by atoms with van der Waals surface area (Å²) in [5.74, 6) is -0.225. The van der Waals surface area contributed by atoms with Gasteiger partial charge in [0.15, 0.2) is 5.82 Å². The Morgan fingerprint density at radius 3 is 2.75 bits per heavy atom. The van der Waals surface area contributed by atoms with Gasteiger partial charge in [0.25, 0.3) is 0 Å². The number of hydrogen-bond acceptors (Lipinski definition) is 3. The molecule has 0 spiro atoms. The van der Waals surface area contributed by atoms with Gasteiger partial charge < -0.3 is 5.11 Å². The van der Waals surface area contributed by atoms with E-state index in [4.69, 9.17) is 5.11 Å². The number of carbonyl (C=O) groups is 1. The van der Waals surface area contributed by atoms with Crippen molar-refractivity contribution in [1.82, 2.24) is 14.8 Å². The van der Waals surface area contributed by atoms with Crippen LogP contribution in [0.4, 0.5) is 0 Å². The second-order valence-corrected chi connectivity index (χ2v) is 4.25. The van der Waals surface area contributed by atoms with Crippen molar-refractivity contribution in [2.75, 3.05) is 0 Å². The fourth-order valence-electron chi connectivity index (χ4n) is 1.92. The molecule has 3 aromatic rings. The van der Waals surface area contributed by atoms with Crippen LogP contribution in [0.1, 0.15) is 10.4 Å². The van der Waals surface area contributed by atoms with Gasteiger partial charge in [0.05, 0.1) is 11.8 Å². The molecule has 1 aromatic carbocycles. The Kier molecular flexibility index (Phi) is 3.01. The second kappa shape index (κ2) is 4.97. The molecule has 20 heavy (non-hydrogen) atoms. The van der Waals surface area contributed by atoms with Crippen molar-refractivity contribution in [3.05, 3.63) is 66.6 Å². The highest BCUT2D eigenvalue weighted by Crippen LogP contribution is 2.20. The van der Waals surface area contributed by atoms with E-state index in [0.29, 0.717) is 5.82 Å². The Morgan fingerprint density at radius 1 is 1.10 bits per heavy atom. The smallest absolute Gasteiger partial charge is 0.335 e. The summed E-state index contributed by atoms with van der Waals surface area (Å²) in [4.78, 5) is 15.2. The standard InChI is InChI=1S/C15H11N3O2/c19-15(20)12-5-3-4-11(8-12)13-9-17-18(10-13)14-6-1-2-7-16-14/h1-10H,(H,19,20). The number of benzene rings is 1. The van der Waals surface area contributed by atoms with Crippen molar-refractivity contribution < 1.29 is 9.90 Å². The molecule has 0 radical (unpaired) electrons. The SMILES string of the molecule is O=C(O)c1cccc(-c2cnn(-c3ccccn3)c2)c1.